The summed E-state index contributed by atoms with van der Waals surface area (Å²) in [6.07, 6.45) is 2.55. The van der Waals surface area contributed by atoms with Crippen molar-refractivity contribution < 1.29 is 22.8 Å². The molecule has 0 fully saturated rings. The number of hydrogen-bond acceptors (Lipinski definition) is 5. The van der Waals surface area contributed by atoms with Gasteiger partial charge in [0.1, 0.15) is 10.9 Å². The summed E-state index contributed by atoms with van der Waals surface area (Å²) < 4.78 is 26.5. The van der Waals surface area contributed by atoms with Gasteiger partial charge in [0.05, 0.1) is 5.56 Å². The molecule has 3 amide bonds. The number of benzene rings is 2. The van der Waals surface area contributed by atoms with Crippen LogP contribution in [0.25, 0.3) is 0 Å². The average molecular weight is 500 g/mol. The van der Waals surface area contributed by atoms with E-state index >= 15 is 0 Å². The summed E-state index contributed by atoms with van der Waals surface area (Å²) in [6.45, 7) is 4.45. The second-order valence-corrected chi connectivity index (χ2v) is 10.4. The second kappa shape index (κ2) is 12.0. The van der Waals surface area contributed by atoms with E-state index in [1.54, 1.807) is 12.1 Å². The molecule has 0 bridgehead atoms. The van der Waals surface area contributed by atoms with E-state index in [1.807, 2.05) is 44.2 Å². The Balaban J connectivity index is 1.75. The van der Waals surface area contributed by atoms with Gasteiger partial charge < -0.3 is 10.2 Å². The van der Waals surface area contributed by atoms with Crippen LogP contribution in [0.4, 0.5) is 0 Å². The molecule has 9 heteroatoms. The standard InChI is InChI=1S/C26H33N3O5S/c1-3-5-17-27-25(31)22(4-2)28(18-15-20-11-7-6-8-12-20)24(30)16-19-29-26(32)21-13-9-10-14-23(21)35(29,33)34/h6-14,22H,3-5,15-19H2,1-2H3,(H,27,31). The van der Waals surface area contributed by atoms with Crippen LogP contribution in [-0.2, 0) is 26.0 Å². The highest BCUT2D eigenvalue weighted by molar-refractivity contribution is 7.90. The molecule has 1 atom stereocenters. The Morgan fingerprint density at radius 3 is 2.37 bits per heavy atom. The van der Waals surface area contributed by atoms with Gasteiger partial charge in [-0.15, -0.1) is 0 Å². The zero-order valence-electron chi connectivity index (χ0n) is 20.3. The van der Waals surface area contributed by atoms with Crippen LogP contribution in [0, 0.1) is 0 Å². The first-order valence-corrected chi connectivity index (χ1v) is 13.5. The van der Waals surface area contributed by atoms with E-state index in [0.29, 0.717) is 25.9 Å². The fourth-order valence-electron chi connectivity index (χ4n) is 4.20. The van der Waals surface area contributed by atoms with E-state index in [2.05, 4.69) is 5.32 Å². The van der Waals surface area contributed by atoms with Crippen molar-refractivity contribution in [2.75, 3.05) is 19.6 Å². The first-order chi connectivity index (χ1) is 16.8. The maximum absolute atomic E-state index is 13.4. The Kier molecular flexibility index (Phi) is 9.03. The van der Waals surface area contributed by atoms with Crippen LogP contribution in [0.1, 0.15) is 55.5 Å². The third kappa shape index (κ3) is 6.08. The molecule has 0 saturated heterocycles. The van der Waals surface area contributed by atoms with Crippen LogP contribution in [0.2, 0.25) is 0 Å². The van der Waals surface area contributed by atoms with Gasteiger partial charge >= 0.3 is 0 Å². The maximum Gasteiger partial charge on any atom is 0.269 e. The Morgan fingerprint density at radius 1 is 1.03 bits per heavy atom. The Bertz CT molecular complexity index is 1150. The maximum atomic E-state index is 13.4. The summed E-state index contributed by atoms with van der Waals surface area (Å²) in [4.78, 5) is 40.5. The molecule has 1 aliphatic heterocycles. The highest BCUT2D eigenvalue weighted by Gasteiger charge is 2.41. The first-order valence-electron chi connectivity index (χ1n) is 12.1. The molecule has 0 saturated carbocycles. The molecule has 2 aromatic carbocycles. The molecular formula is C26H33N3O5S. The van der Waals surface area contributed by atoms with E-state index in [-0.39, 0.29) is 35.2 Å². The third-order valence-corrected chi connectivity index (χ3v) is 7.98. The number of fused-ring (bicyclic) bond motifs is 1. The van der Waals surface area contributed by atoms with Crippen LogP contribution in [-0.4, -0.2) is 61.0 Å². The third-order valence-electron chi connectivity index (χ3n) is 6.14. The molecule has 188 valence electrons. The van der Waals surface area contributed by atoms with Crippen LogP contribution in [0.5, 0.6) is 0 Å². The molecule has 1 N–H and O–H groups in total. The average Bonchev–Trinajstić information content (AvgIpc) is 3.05. The predicted octanol–water partition coefficient (Wildman–Crippen LogP) is 2.99. The van der Waals surface area contributed by atoms with Gasteiger partial charge in [0.15, 0.2) is 0 Å². The van der Waals surface area contributed by atoms with Crippen LogP contribution in [0.3, 0.4) is 0 Å². The van der Waals surface area contributed by atoms with Gasteiger partial charge in [-0.05, 0) is 37.0 Å². The zero-order valence-corrected chi connectivity index (χ0v) is 21.1. The molecule has 3 rings (SSSR count). The summed E-state index contributed by atoms with van der Waals surface area (Å²) in [5.41, 5.74) is 1.14. The van der Waals surface area contributed by atoms with Gasteiger partial charge in [-0.3, -0.25) is 14.4 Å². The molecule has 0 spiro atoms. The Hall–Kier alpha value is -3.20. The fraction of sp³-hybridized carbons (Fsp3) is 0.423. The first kappa shape index (κ1) is 26.4. The second-order valence-electron chi connectivity index (χ2n) is 8.52. The normalized spacial score (nSPS) is 14.9. The number of carbonyl (C=O) groups excluding carboxylic acids is 3. The number of nitrogens with zero attached hydrogens (tertiary/aromatic N) is 2. The lowest BCUT2D eigenvalue weighted by molar-refractivity contribution is -0.140. The molecule has 2 aromatic rings. The van der Waals surface area contributed by atoms with Gasteiger partial charge in [0.2, 0.25) is 11.8 Å². The van der Waals surface area contributed by atoms with Gasteiger partial charge in [-0.2, -0.15) is 0 Å². The number of unbranched alkanes of at least 4 members (excludes halogenated alkanes) is 1. The quantitative estimate of drug-likeness (QED) is 0.452. The summed E-state index contributed by atoms with van der Waals surface area (Å²) in [5, 5.41) is 2.90. The van der Waals surface area contributed by atoms with Crippen molar-refractivity contribution in [2.24, 2.45) is 0 Å². The highest BCUT2D eigenvalue weighted by atomic mass is 32.2. The van der Waals surface area contributed by atoms with Crippen molar-refractivity contribution in [3.8, 4) is 0 Å². The number of carbonyl (C=O) groups is 3. The molecule has 0 radical (unpaired) electrons. The molecule has 1 aliphatic rings. The lowest BCUT2D eigenvalue weighted by atomic mass is 10.1. The zero-order chi connectivity index (χ0) is 25.4. The largest absolute Gasteiger partial charge is 0.354 e. The van der Waals surface area contributed by atoms with Crippen molar-refractivity contribution in [3.63, 3.8) is 0 Å². The van der Waals surface area contributed by atoms with Crippen LogP contribution in [0.15, 0.2) is 59.5 Å². The molecular weight excluding hydrogens is 466 g/mol. The van der Waals surface area contributed by atoms with Gasteiger partial charge in [0.25, 0.3) is 15.9 Å². The number of rotatable bonds is 12. The number of hydrogen-bond donors (Lipinski definition) is 1. The van der Waals surface area contributed by atoms with E-state index < -0.39 is 22.0 Å². The summed E-state index contributed by atoms with van der Waals surface area (Å²) >= 11 is 0. The number of nitrogens with one attached hydrogen (secondary N) is 1. The van der Waals surface area contributed by atoms with Crippen LogP contribution >= 0.6 is 0 Å². The fourth-order valence-corrected chi connectivity index (χ4v) is 5.76. The summed E-state index contributed by atoms with van der Waals surface area (Å²) in [5.74, 6) is -1.22. The van der Waals surface area contributed by atoms with Gasteiger partial charge in [0, 0.05) is 26.1 Å². The predicted molar refractivity (Wildman–Crippen MR) is 133 cm³/mol. The van der Waals surface area contributed by atoms with E-state index in [0.717, 1.165) is 22.7 Å². The lowest BCUT2D eigenvalue weighted by Crippen LogP contribution is -2.51. The van der Waals surface area contributed by atoms with Crippen molar-refractivity contribution in [1.82, 2.24) is 14.5 Å². The van der Waals surface area contributed by atoms with E-state index in [4.69, 9.17) is 0 Å². The molecule has 1 unspecified atom stereocenters. The SMILES string of the molecule is CCCCNC(=O)C(CC)N(CCc1ccccc1)C(=O)CCN1C(=O)c2ccccc2S1(=O)=O. The van der Waals surface area contributed by atoms with Crippen molar-refractivity contribution >= 4 is 27.7 Å². The van der Waals surface area contributed by atoms with Crippen molar-refractivity contribution in [1.29, 1.82) is 0 Å². The molecule has 35 heavy (non-hydrogen) atoms. The minimum atomic E-state index is -4.00. The highest BCUT2D eigenvalue weighted by Crippen LogP contribution is 2.30. The van der Waals surface area contributed by atoms with Gasteiger partial charge in [-0.1, -0.05) is 62.7 Å². The molecule has 0 aromatic heterocycles. The monoisotopic (exact) mass is 499 g/mol. The molecule has 0 aliphatic carbocycles. The summed E-state index contributed by atoms with van der Waals surface area (Å²) in [7, 11) is -4.00. The molecule has 8 nitrogen and oxygen atoms in total. The Morgan fingerprint density at radius 2 is 1.71 bits per heavy atom. The number of sulfonamides is 1. The van der Waals surface area contributed by atoms with E-state index in [9.17, 15) is 22.8 Å². The van der Waals surface area contributed by atoms with Crippen molar-refractivity contribution in [3.05, 3.63) is 65.7 Å². The lowest BCUT2D eigenvalue weighted by Gasteiger charge is -2.31. The van der Waals surface area contributed by atoms with Gasteiger partial charge in [-0.25, -0.2) is 12.7 Å². The molecule has 1 heterocycles. The number of amides is 3. The topological polar surface area (TPSA) is 104 Å². The smallest absolute Gasteiger partial charge is 0.269 e. The van der Waals surface area contributed by atoms with E-state index in [1.165, 1.54) is 17.0 Å². The minimum Gasteiger partial charge on any atom is -0.354 e. The minimum absolute atomic E-state index is 0.0416. The summed E-state index contributed by atoms with van der Waals surface area (Å²) in [6, 6.07) is 15.0. The van der Waals surface area contributed by atoms with Crippen molar-refractivity contribution in [2.45, 2.75) is 56.9 Å². The Labute approximate surface area is 207 Å². The van der Waals surface area contributed by atoms with Crippen LogP contribution < -0.4 is 5.32 Å².